The zero-order valence-corrected chi connectivity index (χ0v) is 20.6. The molecule has 1 aromatic heterocycles. The van der Waals surface area contributed by atoms with Gasteiger partial charge in [-0.3, -0.25) is 20.5 Å². The van der Waals surface area contributed by atoms with Gasteiger partial charge in [0.05, 0.1) is 19.9 Å². The van der Waals surface area contributed by atoms with E-state index in [1.807, 2.05) is 14.0 Å². The monoisotopic (exact) mass is 497 g/mol. The van der Waals surface area contributed by atoms with Crippen molar-refractivity contribution >= 4 is 40.3 Å². The Hall–Kier alpha value is -3.22. The smallest absolute Gasteiger partial charge is 0.257 e. The fraction of sp³-hybridized carbons (Fsp3) is 0.333. The van der Waals surface area contributed by atoms with Gasteiger partial charge in [0.15, 0.2) is 10.5 Å². The fourth-order valence-corrected chi connectivity index (χ4v) is 4.31. The molecule has 2 heterocycles. The van der Waals surface area contributed by atoms with Gasteiger partial charge in [-0.1, -0.05) is 23.4 Å². The Morgan fingerprint density at radius 2 is 2.12 bits per heavy atom. The molecule has 1 amide bonds. The number of hydrogen-bond donors (Lipinski definition) is 2. The predicted molar refractivity (Wildman–Crippen MR) is 134 cm³/mol. The Labute approximate surface area is 207 Å². The lowest BCUT2D eigenvalue weighted by Gasteiger charge is -2.15. The van der Waals surface area contributed by atoms with Gasteiger partial charge in [0.2, 0.25) is 5.90 Å². The van der Waals surface area contributed by atoms with Crippen molar-refractivity contribution in [2.45, 2.75) is 25.1 Å². The third kappa shape index (κ3) is 5.46. The van der Waals surface area contributed by atoms with Crippen molar-refractivity contribution in [3.63, 3.8) is 0 Å². The van der Waals surface area contributed by atoms with Crippen molar-refractivity contribution in [2.75, 3.05) is 20.8 Å². The molecule has 2 N–H and O–H groups in total. The molecule has 4 rings (SSSR count). The first kappa shape index (κ1) is 23.9. The molecule has 2 aliphatic rings. The maximum atomic E-state index is 13.3. The lowest BCUT2D eigenvalue weighted by atomic mass is 9.96. The van der Waals surface area contributed by atoms with E-state index in [4.69, 9.17) is 26.5 Å². The minimum atomic E-state index is -0.352. The standard InChI is InChI=1S/C24H24ClN5O3S/c1-4-33-22(26)15-8-9-16(17(11-15)18-12-20(25)27-13-19(18)32-3)23(31)28-24-29-30(2)21(34-24)10-7-14-5-6-14/h8-9,11-14,21,26H,4-6H2,1-3H3,(H,28,29,31). The van der Waals surface area contributed by atoms with Crippen molar-refractivity contribution in [3.8, 4) is 28.7 Å². The Balaban J connectivity index is 1.65. The zero-order valence-electron chi connectivity index (χ0n) is 19.0. The minimum Gasteiger partial charge on any atom is -0.494 e. The number of carbonyl (C=O) groups excluding carboxylic acids is 1. The summed E-state index contributed by atoms with van der Waals surface area (Å²) in [5, 5.41) is 17.8. The van der Waals surface area contributed by atoms with Crippen molar-refractivity contribution in [3.05, 3.63) is 46.7 Å². The summed E-state index contributed by atoms with van der Waals surface area (Å²) in [4.78, 5) is 17.4. The number of thioether (sulfide) groups is 1. The van der Waals surface area contributed by atoms with Gasteiger partial charge in [0, 0.05) is 29.7 Å². The van der Waals surface area contributed by atoms with Crippen LogP contribution in [0.2, 0.25) is 5.15 Å². The SMILES string of the molecule is CCOC(=N)c1ccc(C(=O)NC2=NN(C)C(C#CC3CC3)S2)c(-c2cc(Cl)ncc2OC)c1. The third-order valence-corrected chi connectivity index (χ3v) is 6.44. The van der Waals surface area contributed by atoms with Crippen molar-refractivity contribution in [1.82, 2.24) is 15.3 Å². The molecule has 1 aliphatic heterocycles. The number of methoxy groups -OCH3 is 1. The van der Waals surface area contributed by atoms with Gasteiger partial charge in [-0.25, -0.2) is 4.98 Å². The topological polar surface area (TPSA) is 99.9 Å². The molecule has 1 saturated carbocycles. The van der Waals surface area contributed by atoms with Crippen LogP contribution in [-0.4, -0.2) is 53.1 Å². The summed E-state index contributed by atoms with van der Waals surface area (Å²) in [6, 6.07) is 6.65. The summed E-state index contributed by atoms with van der Waals surface area (Å²) in [5.41, 5.74) is 1.99. The second kappa shape index (κ2) is 10.4. The molecule has 0 bridgehead atoms. The lowest BCUT2D eigenvalue weighted by molar-refractivity contribution is 0.0978. The molecule has 1 aromatic carbocycles. The van der Waals surface area contributed by atoms with E-state index >= 15 is 0 Å². The summed E-state index contributed by atoms with van der Waals surface area (Å²) in [6.45, 7) is 2.17. The summed E-state index contributed by atoms with van der Waals surface area (Å²) in [7, 11) is 3.35. The lowest BCUT2D eigenvalue weighted by Crippen LogP contribution is -2.28. The quantitative estimate of drug-likeness (QED) is 0.278. The fourth-order valence-electron chi connectivity index (χ4n) is 3.28. The van der Waals surface area contributed by atoms with Gasteiger partial charge in [-0.05, 0) is 61.4 Å². The molecule has 1 fully saturated rings. The Morgan fingerprint density at radius 3 is 2.82 bits per heavy atom. The van der Waals surface area contributed by atoms with E-state index < -0.39 is 0 Å². The Bertz CT molecular complexity index is 1220. The van der Waals surface area contributed by atoms with E-state index in [1.54, 1.807) is 29.3 Å². The number of hydrogen-bond acceptors (Lipinski definition) is 8. The molecular formula is C24H24ClN5O3S. The molecule has 1 unspecified atom stereocenters. The predicted octanol–water partition coefficient (Wildman–Crippen LogP) is 4.19. The summed E-state index contributed by atoms with van der Waals surface area (Å²) >= 11 is 7.56. The number of carbonyl (C=O) groups is 1. The number of nitrogens with one attached hydrogen (secondary N) is 2. The van der Waals surface area contributed by atoms with Crippen LogP contribution in [0.4, 0.5) is 0 Å². The Kier molecular flexibility index (Phi) is 7.29. The number of aromatic nitrogens is 1. The molecular weight excluding hydrogens is 474 g/mol. The number of benzene rings is 1. The normalized spacial score (nSPS) is 16.9. The van der Waals surface area contributed by atoms with Crippen molar-refractivity contribution in [2.24, 2.45) is 11.0 Å². The molecule has 1 atom stereocenters. The molecule has 0 spiro atoms. The number of hydrazone groups is 1. The number of amides is 1. The largest absolute Gasteiger partial charge is 0.494 e. The maximum absolute atomic E-state index is 13.3. The highest BCUT2D eigenvalue weighted by Gasteiger charge is 2.27. The van der Waals surface area contributed by atoms with Crippen molar-refractivity contribution < 1.29 is 14.3 Å². The van der Waals surface area contributed by atoms with E-state index in [0.717, 1.165) is 12.8 Å². The average molecular weight is 498 g/mol. The average Bonchev–Trinajstić information content (AvgIpc) is 3.59. The Morgan fingerprint density at radius 1 is 1.32 bits per heavy atom. The molecule has 1 aliphatic carbocycles. The second-order valence-electron chi connectivity index (χ2n) is 7.70. The molecule has 10 heteroatoms. The van der Waals surface area contributed by atoms with Gasteiger partial charge in [0.1, 0.15) is 10.9 Å². The van der Waals surface area contributed by atoms with E-state index in [2.05, 4.69) is 27.2 Å². The first-order valence-electron chi connectivity index (χ1n) is 10.8. The minimum absolute atomic E-state index is 0.00394. The van der Waals surface area contributed by atoms with Gasteiger partial charge >= 0.3 is 0 Å². The van der Waals surface area contributed by atoms with Crippen LogP contribution < -0.4 is 10.1 Å². The first-order chi connectivity index (χ1) is 16.4. The summed E-state index contributed by atoms with van der Waals surface area (Å²) < 4.78 is 10.8. The van der Waals surface area contributed by atoms with E-state index in [-0.39, 0.29) is 22.3 Å². The van der Waals surface area contributed by atoms with Gasteiger partial charge < -0.3 is 9.47 Å². The highest BCUT2D eigenvalue weighted by Crippen LogP contribution is 2.35. The number of rotatable bonds is 5. The molecule has 8 nitrogen and oxygen atoms in total. The van der Waals surface area contributed by atoms with Crippen LogP contribution in [0, 0.1) is 23.2 Å². The molecule has 0 radical (unpaired) electrons. The van der Waals surface area contributed by atoms with Gasteiger partial charge in [-0.2, -0.15) is 5.10 Å². The van der Waals surface area contributed by atoms with Crippen LogP contribution >= 0.6 is 23.4 Å². The number of ether oxygens (including phenoxy) is 2. The molecule has 0 saturated heterocycles. The van der Waals surface area contributed by atoms with Crippen LogP contribution in [0.3, 0.4) is 0 Å². The number of amidine groups is 1. The van der Waals surface area contributed by atoms with Crippen LogP contribution in [0.5, 0.6) is 5.75 Å². The number of nitrogens with zero attached hydrogens (tertiary/aromatic N) is 3. The zero-order chi connectivity index (χ0) is 24.2. The number of pyridine rings is 1. The first-order valence-corrected chi connectivity index (χ1v) is 12.0. The maximum Gasteiger partial charge on any atom is 0.257 e. The van der Waals surface area contributed by atoms with Crippen LogP contribution in [0.25, 0.3) is 11.1 Å². The van der Waals surface area contributed by atoms with Crippen LogP contribution in [0.15, 0.2) is 35.6 Å². The van der Waals surface area contributed by atoms with E-state index in [9.17, 15) is 4.79 Å². The molecule has 34 heavy (non-hydrogen) atoms. The molecule has 2 aromatic rings. The van der Waals surface area contributed by atoms with Crippen LogP contribution in [0.1, 0.15) is 35.7 Å². The summed E-state index contributed by atoms with van der Waals surface area (Å²) in [5.74, 6) is 7.06. The molecule has 176 valence electrons. The highest BCUT2D eigenvalue weighted by atomic mass is 35.5. The highest BCUT2D eigenvalue weighted by molar-refractivity contribution is 8.14. The third-order valence-electron chi connectivity index (χ3n) is 5.18. The second-order valence-corrected chi connectivity index (χ2v) is 9.15. The van der Waals surface area contributed by atoms with Crippen LogP contribution in [-0.2, 0) is 4.74 Å². The van der Waals surface area contributed by atoms with E-state index in [1.165, 1.54) is 25.1 Å². The van der Waals surface area contributed by atoms with Gasteiger partial charge in [-0.15, -0.1) is 0 Å². The van der Waals surface area contributed by atoms with E-state index in [0.29, 0.717) is 45.7 Å². The van der Waals surface area contributed by atoms with Crippen molar-refractivity contribution in [1.29, 1.82) is 5.41 Å². The van der Waals surface area contributed by atoms with Gasteiger partial charge in [0.25, 0.3) is 5.91 Å². The summed E-state index contributed by atoms with van der Waals surface area (Å²) in [6.07, 6.45) is 3.80. The number of halogens is 1.